The number of amides is 2. The molecule has 1 aromatic rings. The smallest absolute Gasteiger partial charge is 0.335 e. The number of nitrogens with one attached hydrogen (secondary N) is 1. The van der Waals surface area contributed by atoms with Crippen LogP contribution >= 0.6 is 0 Å². The van der Waals surface area contributed by atoms with Crippen LogP contribution in [-0.2, 0) is 9.59 Å². The number of alkyl halides is 3. The Morgan fingerprint density at radius 3 is 2.48 bits per heavy atom. The minimum atomic E-state index is -4.88. The molecule has 1 saturated heterocycles. The zero-order chi connectivity index (χ0) is 17.0. The van der Waals surface area contributed by atoms with Gasteiger partial charge in [0.1, 0.15) is 0 Å². The van der Waals surface area contributed by atoms with Gasteiger partial charge in [0.2, 0.25) is 5.91 Å². The third-order valence-electron chi connectivity index (χ3n) is 3.65. The van der Waals surface area contributed by atoms with Crippen LogP contribution in [0.5, 0.6) is 0 Å². The fourth-order valence-electron chi connectivity index (χ4n) is 2.43. The lowest BCUT2D eigenvalue weighted by atomic mass is 9.95. The zero-order valence-corrected chi connectivity index (χ0v) is 12.1. The van der Waals surface area contributed by atoms with E-state index in [1.807, 2.05) is 6.07 Å². The molecule has 0 spiro atoms. The zero-order valence-electron chi connectivity index (χ0n) is 12.1. The second kappa shape index (κ2) is 6.69. The van der Waals surface area contributed by atoms with Gasteiger partial charge in [0.05, 0.1) is 11.6 Å². The Morgan fingerprint density at radius 2 is 1.91 bits per heavy atom. The van der Waals surface area contributed by atoms with Crippen LogP contribution in [-0.4, -0.2) is 36.0 Å². The number of nitrogens with zero attached hydrogens (tertiary/aromatic N) is 2. The molecule has 1 heterocycles. The van der Waals surface area contributed by atoms with Crippen molar-refractivity contribution in [2.24, 2.45) is 5.92 Å². The predicted octanol–water partition coefficient (Wildman–Crippen LogP) is 2.30. The summed E-state index contributed by atoms with van der Waals surface area (Å²) < 4.78 is 37.1. The number of nitriles is 1. The molecule has 1 fully saturated rings. The maximum atomic E-state index is 12.4. The molecule has 0 radical (unpaired) electrons. The molecule has 1 aliphatic rings. The van der Waals surface area contributed by atoms with Gasteiger partial charge in [0, 0.05) is 24.7 Å². The molecular weight excluding hydrogens is 311 g/mol. The molecule has 1 aliphatic heterocycles. The lowest BCUT2D eigenvalue weighted by Gasteiger charge is -2.31. The molecule has 1 aromatic carbocycles. The summed E-state index contributed by atoms with van der Waals surface area (Å²) in [5.41, 5.74) is 0.858. The van der Waals surface area contributed by atoms with Gasteiger partial charge in [-0.25, -0.2) is 0 Å². The first kappa shape index (κ1) is 16.8. The van der Waals surface area contributed by atoms with E-state index in [1.165, 1.54) is 6.07 Å². The molecule has 0 bridgehead atoms. The number of hydrogen-bond donors (Lipinski definition) is 1. The fraction of sp³-hybridized carbons (Fsp3) is 0.400. The summed E-state index contributed by atoms with van der Waals surface area (Å²) in [6, 6.07) is 8.31. The third-order valence-corrected chi connectivity index (χ3v) is 3.65. The highest BCUT2D eigenvalue weighted by atomic mass is 19.4. The SMILES string of the molecule is N#Cc1cccc(NC(=O)C2CCN(C(=O)C(F)(F)F)CC2)c1. The summed E-state index contributed by atoms with van der Waals surface area (Å²) in [6.07, 6.45) is -4.54. The molecule has 2 rings (SSSR count). The Balaban J connectivity index is 1.91. The fourth-order valence-corrected chi connectivity index (χ4v) is 2.43. The highest BCUT2D eigenvalue weighted by Crippen LogP contribution is 2.24. The van der Waals surface area contributed by atoms with Gasteiger partial charge in [-0.05, 0) is 31.0 Å². The summed E-state index contributed by atoms with van der Waals surface area (Å²) in [5, 5.41) is 11.4. The molecule has 0 aliphatic carbocycles. The van der Waals surface area contributed by atoms with Crippen molar-refractivity contribution >= 4 is 17.5 Å². The monoisotopic (exact) mass is 325 g/mol. The number of hydrogen-bond acceptors (Lipinski definition) is 3. The average Bonchev–Trinajstić information content (AvgIpc) is 2.53. The second-order valence-electron chi connectivity index (χ2n) is 5.25. The first-order chi connectivity index (χ1) is 10.8. The molecule has 5 nitrogen and oxygen atoms in total. The van der Waals surface area contributed by atoms with Gasteiger partial charge in [0.15, 0.2) is 0 Å². The predicted molar refractivity (Wildman–Crippen MR) is 75.1 cm³/mol. The lowest BCUT2D eigenvalue weighted by Crippen LogP contribution is -2.46. The second-order valence-corrected chi connectivity index (χ2v) is 5.25. The van der Waals surface area contributed by atoms with E-state index < -0.39 is 18.0 Å². The van der Waals surface area contributed by atoms with Gasteiger partial charge < -0.3 is 10.2 Å². The van der Waals surface area contributed by atoms with E-state index in [1.54, 1.807) is 18.2 Å². The van der Waals surface area contributed by atoms with Crippen molar-refractivity contribution in [1.29, 1.82) is 5.26 Å². The summed E-state index contributed by atoms with van der Waals surface area (Å²) >= 11 is 0. The summed E-state index contributed by atoms with van der Waals surface area (Å²) in [5.74, 6) is -2.64. The number of halogens is 3. The molecular formula is C15H14F3N3O2. The summed E-state index contributed by atoms with van der Waals surface area (Å²) in [7, 11) is 0. The Morgan fingerprint density at radius 1 is 1.26 bits per heavy atom. The van der Waals surface area contributed by atoms with Crippen molar-refractivity contribution < 1.29 is 22.8 Å². The standard InChI is InChI=1S/C15H14F3N3O2/c16-15(17,18)14(23)21-6-4-11(5-7-21)13(22)20-12-3-1-2-10(8-12)9-19/h1-3,8,11H,4-7H2,(H,20,22). The molecule has 0 saturated carbocycles. The van der Waals surface area contributed by atoms with Gasteiger partial charge in [-0.1, -0.05) is 6.07 Å². The molecule has 2 amide bonds. The van der Waals surface area contributed by atoms with Crippen LogP contribution in [0.3, 0.4) is 0 Å². The van der Waals surface area contributed by atoms with E-state index in [-0.39, 0.29) is 31.8 Å². The molecule has 122 valence electrons. The van der Waals surface area contributed by atoms with Crippen LogP contribution < -0.4 is 5.32 Å². The van der Waals surface area contributed by atoms with Crippen molar-refractivity contribution in [3.63, 3.8) is 0 Å². The van der Waals surface area contributed by atoms with Gasteiger partial charge >= 0.3 is 12.1 Å². The van der Waals surface area contributed by atoms with E-state index in [9.17, 15) is 22.8 Å². The summed E-state index contributed by atoms with van der Waals surface area (Å²) in [6.45, 7) is -0.205. The molecule has 1 N–H and O–H groups in total. The summed E-state index contributed by atoms with van der Waals surface area (Å²) in [4.78, 5) is 24.0. The minimum absolute atomic E-state index is 0.103. The van der Waals surface area contributed by atoms with Crippen molar-refractivity contribution in [3.8, 4) is 6.07 Å². The maximum absolute atomic E-state index is 12.4. The Hall–Kier alpha value is -2.56. The maximum Gasteiger partial charge on any atom is 0.471 e. The Bertz CT molecular complexity index is 644. The number of piperidine rings is 1. The number of carbonyl (C=O) groups is 2. The highest BCUT2D eigenvalue weighted by molar-refractivity contribution is 5.93. The van der Waals surface area contributed by atoms with Gasteiger partial charge in [0.25, 0.3) is 0 Å². The number of rotatable bonds is 2. The van der Waals surface area contributed by atoms with E-state index in [0.717, 1.165) is 4.90 Å². The van der Waals surface area contributed by atoms with E-state index in [4.69, 9.17) is 5.26 Å². The molecule has 0 atom stereocenters. The third kappa shape index (κ3) is 4.22. The molecule has 0 unspecified atom stereocenters. The quantitative estimate of drug-likeness (QED) is 0.907. The normalized spacial score (nSPS) is 15.8. The number of carbonyl (C=O) groups excluding carboxylic acids is 2. The number of likely N-dealkylation sites (tertiary alicyclic amines) is 1. The molecule has 0 aromatic heterocycles. The topological polar surface area (TPSA) is 73.2 Å². The number of benzene rings is 1. The van der Waals surface area contributed by atoms with Gasteiger partial charge in [-0.3, -0.25) is 9.59 Å². The Labute approximate surface area is 130 Å². The highest BCUT2D eigenvalue weighted by Gasteiger charge is 2.43. The first-order valence-corrected chi connectivity index (χ1v) is 6.98. The van der Waals surface area contributed by atoms with Crippen LogP contribution in [0.2, 0.25) is 0 Å². The van der Waals surface area contributed by atoms with Crippen molar-refractivity contribution in [1.82, 2.24) is 4.90 Å². The average molecular weight is 325 g/mol. The minimum Gasteiger partial charge on any atom is -0.335 e. The molecule has 23 heavy (non-hydrogen) atoms. The van der Waals surface area contributed by atoms with Crippen LogP contribution in [0.25, 0.3) is 0 Å². The lowest BCUT2D eigenvalue weighted by molar-refractivity contribution is -0.186. The van der Waals surface area contributed by atoms with E-state index in [2.05, 4.69) is 5.32 Å². The molecule has 8 heteroatoms. The van der Waals surface area contributed by atoms with Crippen molar-refractivity contribution in [3.05, 3.63) is 29.8 Å². The van der Waals surface area contributed by atoms with E-state index >= 15 is 0 Å². The van der Waals surface area contributed by atoms with E-state index in [0.29, 0.717) is 11.3 Å². The van der Waals surface area contributed by atoms with Crippen LogP contribution in [0, 0.1) is 17.2 Å². The Kier molecular flexibility index (Phi) is 4.89. The largest absolute Gasteiger partial charge is 0.471 e. The van der Waals surface area contributed by atoms with Crippen LogP contribution in [0.4, 0.5) is 18.9 Å². The van der Waals surface area contributed by atoms with Crippen molar-refractivity contribution in [2.75, 3.05) is 18.4 Å². The number of anilines is 1. The van der Waals surface area contributed by atoms with Gasteiger partial charge in [-0.15, -0.1) is 0 Å². The van der Waals surface area contributed by atoms with Crippen LogP contribution in [0.15, 0.2) is 24.3 Å². The first-order valence-electron chi connectivity index (χ1n) is 6.98. The van der Waals surface area contributed by atoms with Gasteiger partial charge in [-0.2, -0.15) is 18.4 Å². The van der Waals surface area contributed by atoms with Crippen molar-refractivity contribution in [2.45, 2.75) is 19.0 Å². The van der Waals surface area contributed by atoms with Crippen LogP contribution in [0.1, 0.15) is 18.4 Å².